The van der Waals surface area contributed by atoms with Crippen molar-refractivity contribution in [2.24, 2.45) is 0 Å². The van der Waals surface area contributed by atoms with Crippen molar-refractivity contribution in [1.82, 2.24) is 0 Å². The number of methoxy groups -OCH3 is 1. The summed E-state index contributed by atoms with van der Waals surface area (Å²) in [6.07, 6.45) is 1.70. The first kappa shape index (κ1) is 14.7. The van der Waals surface area contributed by atoms with Gasteiger partial charge in [0, 0.05) is 22.7 Å². The van der Waals surface area contributed by atoms with Gasteiger partial charge in [0.05, 0.1) is 17.3 Å². The number of halogens is 2. The van der Waals surface area contributed by atoms with Gasteiger partial charge < -0.3 is 15.2 Å². The molecule has 1 aromatic rings. The van der Waals surface area contributed by atoms with E-state index in [4.69, 9.17) is 9.84 Å². The zero-order valence-corrected chi connectivity index (χ0v) is 12.4. The van der Waals surface area contributed by atoms with Crippen molar-refractivity contribution in [3.63, 3.8) is 0 Å². The number of carbonyl (C=O) groups is 2. The Bertz CT molecular complexity index is 514. The number of carboxylic acids is 1. The average Bonchev–Trinajstić information content (AvgIpc) is 2.30. The number of aliphatic carboxylic acids is 1. The highest BCUT2D eigenvalue weighted by Crippen LogP contribution is 2.34. The minimum atomic E-state index is -1.18. The Morgan fingerprint density at radius 2 is 1.94 bits per heavy atom. The van der Waals surface area contributed by atoms with E-state index in [9.17, 15) is 9.59 Å². The summed E-state index contributed by atoms with van der Waals surface area (Å²) in [4.78, 5) is 21.7. The summed E-state index contributed by atoms with van der Waals surface area (Å²) >= 11 is 6.58. The molecule has 1 aromatic carbocycles. The molecule has 1 amide bonds. The Kier molecular flexibility index (Phi) is 5.36. The molecule has 0 aliphatic carbocycles. The van der Waals surface area contributed by atoms with E-state index in [-0.39, 0.29) is 0 Å². The van der Waals surface area contributed by atoms with E-state index in [0.29, 0.717) is 15.9 Å². The van der Waals surface area contributed by atoms with Crippen LogP contribution in [0.1, 0.15) is 0 Å². The van der Waals surface area contributed by atoms with Gasteiger partial charge in [-0.25, -0.2) is 4.79 Å². The molecule has 96 valence electrons. The summed E-state index contributed by atoms with van der Waals surface area (Å²) in [5, 5.41) is 10.9. The van der Waals surface area contributed by atoms with Gasteiger partial charge >= 0.3 is 5.97 Å². The lowest BCUT2D eigenvalue weighted by Crippen LogP contribution is -2.09. The number of hydrogen-bond acceptors (Lipinski definition) is 3. The zero-order chi connectivity index (χ0) is 13.7. The highest BCUT2D eigenvalue weighted by atomic mass is 79.9. The minimum Gasteiger partial charge on any atom is -0.495 e. The number of carboxylic acid groups (broad SMARTS) is 1. The second-order valence-electron chi connectivity index (χ2n) is 3.13. The average molecular weight is 379 g/mol. The molecule has 0 atom stereocenters. The van der Waals surface area contributed by atoms with Crippen LogP contribution in [0.4, 0.5) is 5.69 Å². The van der Waals surface area contributed by atoms with E-state index in [0.717, 1.165) is 16.6 Å². The summed E-state index contributed by atoms with van der Waals surface area (Å²) in [5.74, 6) is -1.17. The maximum atomic E-state index is 11.4. The van der Waals surface area contributed by atoms with Crippen molar-refractivity contribution in [3.05, 3.63) is 33.2 Å². The molecule has 0 radical (unpaired) electrons. The van der Waals surface area contributed by atoms with Gasteiger partial charge in [-0.3, -0.25) is 4.79 Å². The largest absolute Gasteiger partial charge is 0.495 e. The lowest BCUT2D eigenvalue weighted by Gasteiger charge is -2.09. The van der Waals surface area contributed by atoms with Gasteiger partial charge in [-0.05, 0) is 37.9 Å². The number of amides is 1. The summed E-state index contributed by atoms with van der Waals surface area (Å²) in [5.41, 5.74) is 0.482. The quantitative estimate of drug-likeness (QED) is 0.790. The van der Waals surface area contributed by atoms with Crippen LogP contribution >= 0.6 is 31.9 Å². The van der Waals surface area contributed by atoms with Crippen LogP contribution in [0.5, 0.6) is 5.75 Å². The first-order valence-corrected chi connectivity index (χ1v) is 6.27. The molecule has 0 fully saturated rings. The highest BCUT2D eigenvalue weighted by Gasteiger charge is 2.08. The van der Waals surface area contributed by atoms with Crippen molar-refractivity contribution in [1.29, 1.82) is 0 Å². The number of hydrogen-bond donors (Lipinski definition) is 2. The Hall–Kier alpha value is -1.34. The Labute approximate surface area is 120 Å². The summed E-state index contributed by atoms with van der Waals surface area (Å²) in [7, 11) is 1.50. The predicted molar refractivity (Wildman–Crippen MR) is 73.8 cm³/mol. The topological polar surface area (TPSA) is 75.6 Å². The molecule has 1 rings (SSSR count). The minimum absolute atomic E-state index is 0.482. The van der Waals surface area contributed by atoms with Crippen LogP contribution in [0.25, 0.3) is 0 Å². The molecule has 0 unspecified atom stereocenters. The fourth-order valence-electron chi connectivity index (χ4n) is 1.10. The van der Waals surface area contributed by atoms with E-state index < -0.39 is 11.9 Å². The summed E-state index contributed by atoms with van der Waals surface area (Å²) < 4.78 is 6.47. The van der Waals surface area contributed by atoms with E-state index in [1.54, 1.807) is 12.1 Å². The maximum Gasteiger partial charge on any atom is 0.328 e. The van der Waals surface area contributed by atoms with Crippen molar-refractivity contribution in [2.45, 2.75) is 0 Å². The number of ether oxygens (including phenoxy) is 1. The highest BCUT2D eigenvalue weighted by molar-refractivity contribution is 9.11. The van der Waals surface area contributed by atoms with Gasteiger partial charge in [0.15, 0.2) is 0 Å². The lowest BCUT2D eigenvalue weighted by molar-refractivity contribution is -0.131. The Morgan fingerprint density at radius 1 is 1.28 bits per heavy atom. The number of rotatable bonds is 4. The molecule has 0 saturated carbocycles. The Morgan fingerprint density at radius 3 is 2.50 bits per heavy atom. The van der Waals surface area contributed by atoms with Gasteiger partial charge in [-0.1, -0.05) is 0 Å². The van der Waals surface area contributed by atoms with E-state index in [2.05, 4.69) is 37.2 Å². The molecule has 5 nitrogen and oxygen atoms in total. The van der Waals surface area contributed by atoms with Crippen LogP contribution in [0.3, 0.4) is 0 Å². The molecular weight excluding hydrogens is 370 g/mol. The van der Waals surface area contributed by atoms with Crippen LogP contribution in [0.2, 0.25) is 0 Å². The van der Waals surface area contributed by atoms with Gasteiger partial charge in [0.25, 0.3) is 0 Å². The molecule has 0 aromatic heterocycles. The van der Waals surface area contributed by atoms with E-state index in [1.165, 1.54) is 7.11 Å². The van der Waals surface area contributed by atoms with Gasteiger partial charge in [0.1, 0.15) is 5.75 Å². The first-order chi connectivity index (χ1) is 8.43. The molecule has 7 heteroatoms. The predicted octanol–water partition coefficient (Wildman–Crippen LogP) is 2.80. The van der Waals surface area contributed by atoms with Crippen molar-refractivity contribution in [3.8, 4) is 5.75 Å². The fourth-order valence-corrected chi connectivity index (χ4v) is 2.36. The Balaban J connectivity index is 2.91. The normalized spacial score (nSPS) is 10.4. The van der Waals surface area contributed by atoms with Gasteiger partial charge in [0.2, 0.25) is 5.91 Å². The van der Waals surface area contributed by atoms with Crippen LogP contribution in [-0.2, 0) is 9.59 Å². The zero-order valence-electron chi connectivity index (χ0n) is 9.24. The van der Waals surface area contributed by atoms with Crippen LogP contribution in [-0.4, -0.2) is 24.1 Å². The molecule has 2 N–H and O–H groups in total. The molecule has 0 aliphatic heterocycles. The third-order valence-corrected chi connectivity index (χ3v) is 3.15. The molecule has 0 bridgehead atoms. The second kappa shape index (κ2) is 6.55. The molecule has 0 spiro atoms. The van der Waals surface area contributed by atoms with E-state index in [1.807, 2.05) is 0 Å². The van der Waals surface area contributed by atoms with Crippen LogP contribution in [0, 0.1) is 0 Å². The van der Waals surface area contributed by atoms with Crippen LogP contribution < -0.4 is 10.1 Å². The lowest BCUT2D eigenvalue weighted by atomic mass is 10.3. The van der Waals surface area contributed by atoms with Gasteiger partial charge in [-0.15, -0.1) is 0 Å². The third kappa shape index (κ3) is 4.15. The number of anilines is 1. The summed E-state index contributed by atoms with van der Waals surface area (Å²) in [6, 6.07) is 3.33. The first-order valence-electron chi connectivity index (χ1n) is 4.69. The molecular formula is C11H9Br2NO4. The second-order valence-corrected chi connectivity index (χ2v) is 4.84. The molecule has 0 heterocycles. The third-order valence-electron chi connectivity index (χ3n) is 1.88. The number of nitrogens with one attached hydrogen (secondary N) is 1. The van der Waals surface area contributed by atoms with Gasteiger partial charge in [-0.2, -0.15) is 0 Å². The van der Waals surface area contributed by atoms with Crippen molar-refractivity contribution < 1.29 is 19.4 Å². The number of carbonyl (C=O) groups excluding carboxylic acids is 1. The SMILES string of the molecule is COc1cc(NC(=O)/C=C/C(=O)O)c(Br)cc1Br. The molecule has 0 aliphatic rings. The van der Waals surface area contributed by atoms with Crippen molar-refractivity contribution >= 4 is 49.4 Å². The van der Waals surface area contributed by atoms with Crippen molar-refractivity contribution in [2.75, 3.05) is 12.4 Å². The fraction of sp³-hybridized carbons (Fsp3) is 0.0909. The van der Waals surface area contributed by atoms with E-state index >= 15 is 0 Å². The monoisotopic (exact) mass is 377 g/mol. The summed E-state index contributed by atoms with van der Waals surface area (Å²) in [6.45, 7) is 0. The smallest absolute Gasteiger partial charge is 0.328 e. The van der Waals surface area contributed by atoms with Crippen LogP contribution in [0.15, 0.2) is 33.2 Å². The molecule has 18 heavy (non-hydrogen) atoms. The molecule has 0 saturated heterocycles. The number of benzene rings is 1. The standard InChI is InChI=1S/C11H9Br2NO4/c1-18-9-5-8(6(12)4-7(9)13)14-10(15)2-3-11(16)17/h2-5H,1H3,(H,14,15)(H,16,17)/b3-2+. The maximum absolute atomic E-state index is 11.4.